The van der Waals surface area contributed by atoms with Gasteiger partial charge in [0.05, 0.1) is 6.10 Å². The summed E-state index contributed by atoms with van der Waals surface area (Å²) in [6.07, 6.45) is -0.690. The van der Waals surface area contributed by atoms with Crippen LogP contribution in [-0.2, 0) is 12.8 Å². The van der Waals surface area contributed by atoms with Gasteiger partial charge < -0.3 is 9.84 Å². The summed E-state index contributed by atoms with van der Waals surface area (Å²) in [5, 5.41) is 10.2. The first kappa shape index (κ1) is 13.1. The quantitative estimate of drug-likeness (QED) is 0.934. The highest BCUT2D eigenvalue weighted by molar-refractivity contribution is 5.37. The standard InChI is InChI=1S/C16H14F2O2/c17-12-5-6-13(18)11(7-12)8-14(19)16-9-10-3-1-2-4-15(10)20-16/h1-7,14,16,19H,8-9H2. The summed E-state index contributed by atoms with van der Waals surface area (Å²) >= 11 is 0. The van der Waals surface area contributed by atoms with Crippen molar-refractivity contribution in [2.24, 2.45) is 0 Å². The molecule has 0 amide bonds. The molecule has 2 unspecified atom stereocenters. The summed E-state index contributed by atoms with van der Waals surface area (Å²) in [5.74, 6) is -0.276. The molecule has 0 bridgehead atoms. The Bertz CT molecular complexity index is 603. The lowest BCUT2D eigenvalue weighted by molar-refractivity contribution is 0.0497. The molecule has 2 aromatic rings. The summed E-state index contributed by atoms with van der Waals surface area (Å²) in [7, 11) is 0. The summed E-state index contributed by atoms with van der Waals surface area (Å²) in [6, 6.07) is 10.8. The number of hydrogen-bond donors (Lipinski definition) is 1. The van der Waals surface area contributed by atoms with Gasteiger partial charge >= 0.3 is 0 Å². The van der Waals surface area contributed by atoms with Crippen LogP contribution in [0.2, 0.25) is 0 Å². The van der Waals surface area contributed by atoms with Gasteiger partial charge in [-0.15, -0.1) is 0 Å². The van der Waals surface area contributed by atoms with Crippen molar-refractivity contribution in [2.45, 2.75) is 25.0 Å². The van der Waals surface area contributed by atoms with E-state index in [9.17, 15) is 13.9 Å². The van der Waals surface area contributed by atoms with Gasteiger partial charge in [-0.2, -0.15) is 0 Å². The lowest BCUT2D eigenvalue weighted by atomic mass is 10.00. The number of hydrogen-bond acceptors (Lipinski definition) is 2. The van der Waals surface area contributed by atoms with E-state index in [1.165, 1.54) is 0 Å². The molecule has 3 rings (SSSR count). The minimum absolute atomic E-state index is 0.0300. The first-order chi connectivity index (χ1) is 9.63. The van der Waals surface area contributed by atoms with Crippen molar-refractivity contribution < 1.29 is 18.6 Å². The third-order valence-electron chi connectivity index (χ3n) is 3.54. The number of aliphatic hydroxyl groups is 1. The molecule has 104 valence electrons. The van der Waals surface area contributed by atoms with Crippen LogP contribution in [-0.4, -0.2) is 17.3 Å². The Balaban J connectivity index is 1.72. The Kier molecular flexibility index (Phi) is 3.40. The molecule has 2 atom stereocenters. The predicted octanol–water partition coefficient (Wildman–Crippen LogP) is 2.87. The van der Waals surface area contributed by atoms with E-state index in [1.807, 2.05) is 24.3 Å². The average Bonchev–Trinajstić information content (AvgIpc) is 2.87. The third-order valence-corrected chi connectivity index (χ3v) is 3.54. The van der Waals surface area contributed by atoms with E-state index in [2.05, 4.69) is 0 Å². The molecule has 0 fully saturated rings. The van der Waals surface area contributed by atoms with E-state index in [1.54, 1.807) is 0 Å². The van der Waals surface area contributed by atoms with Crippen molar-refractivity contribution in [3.05, 3.63) is 65.2 Å². The zero-order chi connectivity index (χ0) is 14.1. The first-order valence-corrected chi connectivity index (χ1v) is 6.50. The minimum Gasteiger partial charge on any atom is -0.487 e. The van der Waals surface area contributed by atoms with Crippen LogP contribution in [0.1, 0.15) is 11.1 Å². The second-order valence-electron chi connectivity index (χ2n) is 4.98. The second-order valence-corrected chi connectivity index (χ2v) is 4.98. The maximum Gasteiger partial charge on any atom is 0.129 e. The van der Waals surface area contributed by atoms with E-state index >= 15 is 0 Å². The van der Waals surface area contributed by atoms with Gasteiger partial charge in [0.25, 0.3) is 0 Å². The van der Waals surface area contributed by atoms with Crippen LogP contribution in [0.4, 0.5) is 8.78 Å². The molecule has 0 saturated heterocycles. The molecule has 4 heteroatoms. The fourth-order valence-corrected chi connectivity index (χ4v) is 2.48. The normalized spacial score (nSPS) is 18.4. The van der Waals surface area contributed by atoms with Gasteiger partial charge in [-0.3, -0.25) is 0 Å². The molecule has 2 nitrogen and oxygen atoms in total. The van der Waals surface area contributed by atoms with Gasteiger partial charge in [0.15, 0.2) is 0 Å². The Morgan fingerprint density at radius 1 is 1.20 bits per heavy atom. The smallest absolute Gasteiger partial charge is 0.129 e. The number of rotatable bonds is 3. The average molecular weight is 276 g/mol. The monoisotopic (exact) mass is 276 g/mol. The van der Waals surface area contributed by atoms with E-state index < -0.39 is 23.8 Å². The van der Waals surface area contributed by atoms with E-state index in [0.717, 1.165) is 29.5 Å². The zero-order valence-corrected chi connectivity index (χ0v) is 10.7. The second kappa shape index (κ2) is 5.21. The molecule has 0 aliphatic carbocycles. The van der Waals surface area contributed by atoms with Crippen LogP contribution < -0.4 is 4.74 Å². The Morgan fingerprint density at radius 3 is 2.80 bits per heavy atom. The van der Waals surface area contributed by atoms with Gasteiger partial charge in [-0.25, -0.2) is 8.78 Å². The molecule has 0 spiro atoms. The largest absolute Gasteiger partial charge is 0.487 e. The molecule has 1 N–H and O–H groups in total. The number of halogens is 2. The minimum atomic E-state index is -0.876. The maximum atomic E-state index is 13.6. The van der Waals surface area contributed by atoms with Gasteiger partial charge in [-0.05, 0) is 35.4 Å². The highest BCUT2D eigenvalue weighted by Gasteiger charge is 2.29. The van der Waals surface area contributed by atoms with E-state index in [-0.39, 0.29) is 12.0 Å². The van der Waals surface area contributed by atoms with E-state index in [0.29, 0.717) is 6.42 Å². The van der Waals surface area contributed by atoms with Gasteiger partial charge in [0, 0.05) is 12.8 Å². The molecule has 0 aromatic heterocycles. The SMILES string of the molecule is OC(Cc1cc(F)ccc1F)C1Cc2ccccc2O1. The highest BCUT2D eigenvalue weighted by atomic mass is 19.1. The Morgan fingerprint density at radius 2 is 2.00 bits per heavy atom. The molecule has 1 aliphatic rings. The predicted molar refractivity (Wildman–Crippen MR) is 70.6 cm³/mol. The fourth-order valence-electron chi connectivity index (χ4n) is 2.48. The van der Waals surface area contributed by atoms with Crippen LogP contribution in [0.25, 0.3) is 0 Å². The molecule has 1 heterocycles. The molecular formula is C16H14F2O2. The third kappa shape index (κ3) is 2.51. The summed E-state index contributed by atoms with van der Waals surface area (Å²) < 4.78 is 32.3. The molecule has 2 aromatic carbocycles. The van der Waals surface area contributed by atoms with Crippen molar-refractivity contribution in [2.75, 3.05) is 0 Å². The Labute approximate surface area is 115 Å². The van der Waals surface area contributed by atoms with E-state index in [4.69, 9.17) is 4.74 Å². The summed E-state index contributed by atoms with van der Waals surface area (Å²) in [5.41, 5.74) is 1.19. The first-order valence-electron chi connectivity index (χ1n) is 6.50. The molecule has 0 saturated carbocycles. The molecule has 20 heavy (non-hydrogen) atoms. The fraction of sp³-hybridized carbons (Fsp3) is 0.250. The lowest BCUT2D eigenvalue weighted by Crippen LogP contribution is -2.32. The van der Waals surface area contributed by atoms with Crippen molar-refractivity contribution in [3.8, 4) is 5.75 Å². The summed E-state index contributed by atoms with van der Waals surface area (Å²) in [4.78, 5) is 0. The number of ether oxygens (including phenoxy) is 1. The zero-order valence-electron chi connectivity index (χ0n) is 10.7. The van der Waals surface area contributed by atoms with Crippen molar-refractivity contribution in [3.63, 3.8) is 0 Å². The molecule has 0 radical (unpaired) electrons. The number of fused-ring (bicyclic) bond motifs is 1. The summed E-state index contributed by atoms with van der Waals surface area (Å²) in [6.45, 7) is 0. The highest BCUT2D eigenvalue weighted by Crippen LogP contribution is 2.30. The topological polar surface area (TPSA) is 29.5 Å². The van der Waals surface area contributed by atoms with Gasteiger partial charge in [-0.1, -0.05) is 18.2 Å². The number of aliphatic hydroxyl groups excluding tert-OH is 1. The van der Waals surface area contributed by atoms with Gasteiger partial charge in [0.2, 0.25) is 0 Å². The van der Waals surface area contributed by atoms with Crippen molar-refractivity contribution in [1.29, 1.82) is 0 Å². The van der Waals surface area contributed by atoms with Crippen LogP contribution in [0, 0.1) is 11.6 Å². The van der Waals surface area contributed by atoms with Crippen LogP contribution in [0.5, 0.6) is 5.75 Å². The number of benzene rings is 2. The van der Waals surface area contributed by atoms with Crippen LogP contribution >= 0.6 is 0 Å². The van der Waals surface area contributed by atoms with Crippen molar-refractivity contribution >= 4 is 0 Å². The van der Waals surface area contributed by atoms with Crippen molar-refractivity contribution in [1.82, 2.24) is 0 Å². The number of para-hydroxylation sites is 1. The van der Waals surface area contributed by atoms with Crippen LogP contribution in [0.15, 0.2) is 42.5 Å². The maximum absolute atomic E-state index is 13.6. The Hall–Kier alpha value is -1.94. The molecular weight excluding hydrogens is 262 g/mol. The van der Waals surface area contributed by atoms with Crippen LogP contribution in [0.3, 0.4) is 0 Å². The lowest BCUT2D eigenvalue weighted by Gasteiger charge is -2.18. The molecule has 1 aliphatic heterocycles. The van der Waals surface area contributed by atoms with Gasteiger partial charge in [0.1, 0.15) is 23.5 Å².